The number of fused-ring (bicyclic) bond motifs is 2. The molecule has 12 saturated carbocycles. The third kappa shape index (κ3) is 17.6. The summed E-state index contributed by atoms with van der Waals surface area (Å²) in [7, 11) is 17.4. The van der Waals surface area contributed by atoms with Gasteiger partial charge in [0, 0.05) is 71.5 Å². The van der Waals surface area contributed by atoms with Crippen LogP contribution in [0.25, 0.3) is 0 Å². The summed E-state index contributed by atoms with van der Waals surface area (Å²) in [5, 5.41) is 26.7. The Balaban J connectivity index is 0.000000135. The Labute approximate surface area is 615 Å². The fourth-order valence-corrected chi connectivity index (χ4v) is 25.0. The Bertz CT molecular complexity index is 3210. The Kier molecular flexibility index (Phi) is 26.4. The maximum Gasteiger partial charge on any atom is 0.415 e. The Morgan fingerprint density at radius 2 is 0.942 bits per heavy atom. The topological polar surface area (TPSA) is 295 Å². The van der Waals surface area contributed by atoms with Crippen LogP contribution in [0.2, 0.25) is 0 Å². The van der Waals surface area contributed by atoms with Crippen molar-refractivity contribution in [2.24, 2.45) is 94.7 Å². The largest absolute Gasteiger partial charge is 0.691 e. The quantitative estimate of drug-likeness (QED) is 0.0180. The molecule has 34 heteroatoms. The van der Waals surface area contributed by atoms with E-state index in [1.807, 2.05) is 67.6 Å². The first-order valence-electron chi connectivity index (χ1n) is 35.5. The normalized spacial score (nSPS) is 36.5. The lowest BCUT2D eigenvalue weighted by molar-refractivity contribution is -0.777. The molecule has 103 heavy (non-hydrogen) atoms. The van der Waals surface area contributed by atoms with Crippen LogP contribution >= 0.6 is 24.1 Å². The number of ketones is 2. The molecule has 0 aromatic heterocycles. The van der Waals surface area contributed by atoms with Gasteiger partial charge >= 0.3 is 46.3 Å². The number of alkyl halides is 4. The lowest BCUT2D eigenvalue weighted by Gasteiger charge is -2.59. The molecule has 12 bridgehead atoms. The second-order valence-electron chi connectivity index (χ2n) is 30.3. The summed E-state index contributed by atoms with van der Waals surface area (Å²) in [4.78, 5) is 97.3. The number of carbonyl (C=O) groups excluding carboxylic acids is 8. The molecule has 12 aliphatic carbocycles. The number of esters is 6. The third-order valence-electron chi connectivity index (χ3n) is 24.4. The first kappa shape index (κ1) is 79.8. The number of methoxy groups -OCH3 is 1. The van der Waals surface area contributed by atoms with Crippen molar-refractivity contribution in [2.75, 3.05) is 41.6 Å². The molecular weight excluding hydrogens is 1420 g/mol. The van der Waals surface area contributed by atoms with E-state index in [0.717, 1.165) is 73.7 Å². The molecule has 4 heterocycles. The van der Waals surface area contributed by atoms with Crippen molar-refractivity contribution in [3.05, 3.63) is 71.8 Å². The molecule has 0 spiro atoms. The lowest BCUT2D eigenvalue weighted by Crippen LogP contribution is -2.59. The van der Waals surface area contributed by atoms with Gasteiger partial charge in [0.2, 0.25) is 11.6 Å². The number of aliphatic hydroxyl groups excluding tert-OH is 1. The number of ether oxygens (including phenoxy) is 6. The van der Waals surface area contributed by atoms with Crippen molar-refractivity contribution in [3.8, 4) is 0 Å². The van der Waals surface area contributed by atoms with Crippen molar-refractivity contribution < 1.29 is 119 Å². The van der Waals surface area contributed by atoms with Gasteiger partial charge in [-0.1, -0.05) is 60.7 Å². The van der Waals surface area contributed by atoms with Gasteiger partial charge in [0.05, 0.1) is 36.9 Å². The molecule has 12 unspecified atom stereocenters. The van der Waals surface area contributed by atoms with Gasteiger partial charge in [0.25, 0.3) is 0 Å². The van der Waals surface area contributed by atoms with Gasteiger partial charge in [0.15, 0.2) is 11.5 Å². The molecule has 12 atom stereocenters. The van der Waals surface area contributed by atoms with E-state index in [-0.39, 0.29) is 53.2 Å². The number of rotatable bonds is 20. The number of hydrogen-bond acceptors (Lipinski definition) is 23. The van der Waals surface area contributed by atoms with Crippen LogP contribution in [0.1, 0.15) is 137 Å². The Hall–Kier alpha value is -4.24. The maximum absolute atomic E-state index is 13.9. The highest BCUT2D eigenvalue weighted by Gasteiger charge is 2.73. The van der Waals surface area contributed by atoms with Crippen LogP contribution in [0.4, 0.5) is 17.6 Å². The van der Waals surface area contributed by atoms with E-state index in [1.54, 1.807) is 0 Å². The van der Waals surface area contributed by atoms with Crippen molar-refractivity contribution >= 4 is 130 Å². The third-order valence-corrected chi connectivity index (χ3v) is 30.2. The van der Waals surface area contributed by atoms with Gasteiger partial charge in [-0.05, 0) is 186 Å². The summed E-state index contributed by atoms with van der Waals surface area (Å²) in [6.45, 7) is 4.13. The number of halogens is 4. The lowest BCUT2D eigenvalue weighted by atomic mass is 8.97. The summed E-state index contributed by atoms with van der Waals surface area (Å²) in [5.74, 6) is 2.66. The van der Waals surface area contributed by atoms with Crippen LogP contribution in [-0.2, 0) is 97.7 Å². The zero-order valence-corrected chi connectivity index (χ0v) is 60.8. The number of hydrogen-bond donors (Lipinski definition) is 1. The minimum absolute atomic E-state index is 0.0105. The molecule has 16 fully saturated rings. The van der Waals surface area contributed by atoms with Crippen molar-refractivity contribution in [2.45, 2.75) is 163 Å². The molecule has 4 saturated heterocycles. The van der Waals surface area contributed by atoms with Gasteiger partial charge in [-0.25, -0.2) is 9.59 Å². The highest BCUT2D eigenvalue weighted by atomic mass is 32.2. The molecule has 4 aliphatic heterocycles. The zero-order valence-electron chi connectivity index (χ0n) is 57.5. The minimum atomic E-state index is -4.22. The highest BCUT2D eigenvalue weighted by molar-refractivity contribution is 7.98. The number of benzene rings is 2. The first-order chi connectivity index (χ1) is 49.1. The van der Waals surface area contributed by atoms with Crippen LogP contribution in [-0.4, -0.2) is 177 Å². The van der Waals surface area contributed by atoms with Gasteiger partial charge < -0.3 is 44.0 Å². The van der Waals surface area contributed by atoms with E-state index in [0.29, 0.717) is 63.4 Å². The maximum atomic E-state index is 13.9. The molecule has 553 valence electrons. The van der Waals surface area contributed by atoms with E-state index in [1.165, 1.54) is 94.3 Å². The van der Waals surface area contributed by atoms with E-state index >= 15 is 0 Å². The van der Waals surface area contributed by atoms with Crippen molar-refractivity contribution in [3.63, 3.8) is 0 Å². The second-order valence-corrected chi connectivity index (χ2v) is 36.6. The van der Waals surface area contributed by atoms with E-state index in [9.17, 15) is 66.3 Å². The van der Waals surface area contributed by atoms with Crippen LogP contribution in [0.3, 0.4) is 0 Å². The minimum Gasteiger partial charge on any atom is -0.691 e. The molecule has 18 rings (SSSR count). The van der Waals surface area contributed by atoms with Crippen molar-refractivity contribution in [1.82, 2.24) is 0 Å². The predicted octanol–water partition coefficient (Wildman–Crippen LogP) is 6.12. The average molecular weight is 1510 g/mol. The van der Waals surface area contributed by atoms with E-state index < -0.39 is 118 Å². The first-order valence-corrected chi connectivity index (χ1v) is 40.5. The fraction of sp³-hybridized carbons (Fsp3) is 0.710. The molecule has 7 radical (unpaired) electrons. The smallest absolute Gasteiger partial charge is 0.415 e. The molecule has 21 nitrogen and oxygen atoms in total. The summed E-state index contributed by atoms with van der Waals surface area (Å²) in [5.41, 5.74) is 0.776. The van der Waals surface area contributed by atoms with Gasteiger partial charge in [0.1, 0.15) is 76.6 Å². The highest BCUT2D eigenvalue weighted by Crippen LogP contribution is 2.64. The molecule has 0 amide bonds. The summed E-state index contributed by atoms with van der Waals surface area (Å²) in [6.07, 6.45) is 14.2. The Morgan fingerprint density at radius 1 is 0.583 bits per heavy atom. The van der Waals surface area contributed by atoms with Gasteiger partial charge in [-0.3, -0.25) is 38.8 Å². The predicted molar refractivity (Wildman–Crippen MR) is 370 cm³/mol. The SMILES string of the molecule is CC1(OC(=O)C2C3CC4C(OC(=O)C42)C3O)C2CC3CC(C2)CC1C3.CC1(OC(=O)C2C3CC4C(OC(=O)C42)C3OC(=O)C(F)(F)SOO[O-])C2CC3CC(C2)CC1C3.COC(=O)C(F)(F)SOO[O-].O=C(C[S+]1CCCC1)c1ccccc1.O=C(C[S+]1CCCC1)c1ccccc1.[B][B]B([B])[B]. The molecule has 16 aliphatic rings. The molecule has 2 aromatic carbocycles. The van der Waals surface area contributed by atoms with E-state index in [4.69, 9.17) is 52.2 Å². The van der Waals surface area contributed by atoms with Gasteiger partial charge in [-0.15, -0.1) is 0 Å². The fourth-order valence-electron chi connectivity index (χ4n) is 19.9. The zero-order chi connectivity index (χ0) is 73.9. The second kappa shape index (κ2) is 34.1. The van der Waals surface area contributed by atoms with Crippen LogP contribution in [0, 0.1) is 94.7 Å². The van der Waals surface area contributed by atoms with Gasteiger partial charge in [-0.2, -0.15) is 26.2 Å². The number of Topliss-reactive ketones (excluding diaryl/α,β-unsaturated/α-hetero) is 2. The number of aliphatic hydroxyl groups is 1. The standard InChI is InChI=1S/C22H26F2O9S.C20H26O5.2C12H15OS.C3H4F2O5S.B5/c1-21(10-3-8-2-9(5-10)6-11(21)4-8)31-19(26)15-13-7-12-14(15)18(25)29-16(12)17(13)30-20(27)22(23,24)34-33-32-28;1-20(10-3-8-2-9(5-10)6-11(20)4-8)25-19(23)14-12-7-13-15(14)18(22)24-17(13)16(12)21;2*13-12(10-14-8-4-5-9-14)11-6-2-1-3-7-11;1-8-2(6)3(4,5)11-10-9-7;1-4-5(2)3/h8-17,28H,2-7H2,1H3;8-17,21H,2-7H2,1H3;2*1-3,6-7H,4-5,8-10H2;7H,1H3;/q;;2*+1;;/p-2. The molecular formula is C69H84B5F4O21S4. The van der Waals surface area contributed by atoms with Crippen molar-refractivity contribution in [1.29, 1.82) is 0 Å². The summed E-state index contributed by atoms with van der Waals surface area (Å²) < 4.78 is 90.9. The monoisotopic (exact) mass is 1510 g/mol. The summed E-state index contributed by atoms with van der Waals surface area (Å²) in [6, 6.07) is 19.3. The summed E-state index contributed by atoms with van der Waals surface area (Å²) >= 11 is -1.52. The number of carbonyl (C=O) groups is 8. The molecule has 2 aromatic rings. The average Bonchev–Trinajstić information content (AvgIpc) is 1.68. The van der Waals surface area contributed by atoms with Crippen LogP contribution in [0.5, 0.6) is 0 Å². The molecule has 1 N–H and O–H groups in total. The van der Waals surface area contributed by atoms with Crippen LogP contribution < -0.4 is 10.5 Å². The van der Waals surface area contributed by atoms with Crippen LogP contribution in [0.15, 0.2) is 60.7 Å². The van der Waals surface area contributed by atoms with E-state index in [2.05, 4.69) is 30.4 Å². The Morgan fingerprint density at radius 3 is 1.32 bits per heavy atom.